The van der Waals surface area contributed by atoms with Crippen molar-refractivity contribution in [1.29, 1.82) is 0 Å². The summed E-state index contributed by atoms with van der Waals surface area (Å²) in [5, 5.41) is 0. The van der Waals surface area contributed by atoms with Crippen molar-refractivity contribution in [2.24, 2.45) is 5.92 Å². The molecule has 1 fully saturated rings. The number of carbonyl (C=O) groups excluding carboxylic acids is 1. The van der Waals surface area contributed by atoms with Crippen LogP contribution < -0.4 is 0 Å². The lowest BCUT2D eigenvalue weighted by Crippen LogP contribution is -2.45. The summed E-state index contributed by atoms with van der Waals surface area (Å²) in [5.41, 5.74) is 0.407. The Bertz CT molecular complexity index is 948. The highest BCUT2D eigenvalue weighted by atomic mass is 32.2. The Balaban J connectivity index is 1.71. The van der Waals surface area contributed by atoms with Crippen LogP contribution in [0.4, 0.5) is 8.78 Å². The van der Waals surface area contributed by atoms with Gasteiger partial charge in [0.25, 0.3) is 0 Å². The highest BCUT2D eigenvalue weighted by molar-refractivity contribution is 7.89. The quantitative estimate of drug-likeness (QED) is 0.764. The van der Waals surface area contributed by atoms with Crippen LogP contribution in [0.1, 0.15) is 18.4 Å². The van der Waals surface area contributed by atoms with Gasteiger partial charge in [-0.1, -0.05) is 18.2 Å². The predicted octanol–water partition coefficient (Wildman–Crippen LogP) is 3.02. The second kappa shape index (κ2) is 8.36. The van der Waals surface area contributed by atoms with Gasteiger partial charge in [-0.25, -0.2) is 17.2 Å². The van der Waals surface area contributed by atoms with Gasteiger partial charge in [-0.05, 0) is 43.2 Å². The van der Waals surface area contributed by atoms with Crippen molar-refractivity contribution in [3.8, 4) is 0 Å². The molecule has 0 aliphatic carbocycles. The molecule has 2 aromatic rings. The third-order valence-electron chi connectivity index (χ3n) is 4.93. The minimum absolute atomic E-state index is 0.00158. The molecule has 0 saturated carbocycles. The first kappa shape index (κ1) is 20.4. The number of benzene rings is 2. The summed E-state index contributed by atoms with van der Waals surface area (Å²) in [7, 11) is -2.22. The standard InChI is InChI=1S/C20H22F2N2O3S/c1-23(13-15-5-2-3-7-19(15)22)20(25)16-6-4-12-24(14-16)28(26,27)18-10-8-17(21)9-11-18/h2-3,5,7-11,16H,4,6,12-14H2,1H3/t16-/m1/s1. The Hall–Kier alpha value is -2.32. The van der Waals surface area contributed by atoms with Crippen LogP contribution in [0.3, 0.4) is 0 Å². The van der Waals surface area contributed by atoms with E-state index in [0.717, 1.165) is 12.1 Å². The molecule has 1 aliphatic heterocycles. The van der Waals surface area contributed by atoms with Crippen LogP contribution in [0.15, 0.2) is 53.4 Å². The molecule has 28 heavy (non-hydrogen) atoms. The topological polar surface area (TPSA) is 57.7 Å². The van der Waals surface area contributed by atoms with E-state index in [0.29, 0.717) is 24.9 Å². The molecule has 0 N–H and O–H groups in total. The zero-order valence-corrected chi connectivity index (χ0v) is 16.3. The number of nitrogens with zero attached hydrogens (tertiary/aromatic N) is 2. The van der Waals surface area contributed by atoms with E-state index in [9.17, 15) is 22.0 Å². The number of carbonyl (C=O) groups is 1. The number of piperidine rings is 1. The van der Waals surface area contributed by atoms with Gasteiger partial charge in [0.15, 0.2) is 0 Å². The van der Waals surface area contributed by atoms with Gasteiger partial charge in [-0.2, -0.15) is 4.31 Å². The highest BCUT2D eigenvalue weighted by Gasteiger charge is 2.34. The Kier molecular flexibility index (Phi) is 6.10. The predicted molar refractivity (Wildman–Crippen MR) is 101 cm³/mol. The van der Waals surface area contributed by atoms with Gasteiger partial charge in [0, 0.05) is 32.2 Å². The number of halogens is 2. The molecule has 1 atom stereocenters. The number of amides is 1. The van der Waals surface area contributed by atoms with E-state index >= 15 is 0 Å². The number of hydrogen-bond donors (Lipinski definition) is 0. The van der Waals surface area contributed by atoms with Crippen LogP contribution in [0.25, 0.3) is 0 Å². The van der Waals surface area contributed by atoms with Gasteiger partial charge in [0.2, 0.25) is 15.9 Å². The van der Waals surface area contributed by atoms with Gasteiger partial charge in [-0.3, -0.25) is 4.79 Å². The first-order chi connectivity index (χ1) is 13.3. The van der Waals surface area contributed by atoms with E-state index in [2.05, 4.69) is 0 Å². The van der Waals surface area contributed by atoms with E-state index in [1.807, 2.05) is 0 Å². The van der Waals surface area contributed by atoms with Crippen LogP contribution in [-0.2, 0) is 21.4 Å². The number of sulfonamides is 1. The third-order valence-corrected chi connectivity index (χ3v) is 6.81. The van der Waals surface area contributed by atoms with Crippen molar-refractivity contribution in [1.82, 2.24) is 9.21 Å². The minimum atomic E-state index is -3.80. The van der Waals surface area contributed by atoms with Crippen LogP contribution >= 0.6 is 0 Å². The smallest absolute Gasteiger partial charge is 0.243 e. The van der Waals surface area contributed by atoms with Crippen molar-refractivity contribution in [3.63, 3.8) is 0 Å². The van der Waals surface area contributed by atoms with Crippen molar-refractivity contribution >= 4 is 15.9 Å². The van der Waals surface area contributed by atoms with Crippen molar-refractivity contribution in [2.75, 3.05) is 20.1 Å². The van der Waals surface area contributed by atoms with Crippen molar-refractivity contribution < 1.29 is 22.0 Å². The lowest BCUT2D eigenvalue weighted by molar-refractivity contribution is -0.135. The number of hydrogen-bond acceptors (Lipinski definition) is 3. The number of rotatable bonds is 5. The van der Waals surface area contributed by atoms with Gasteiger partial charge in [0.1, 0.15) is 11.6 Å². The fourth-order valence-electron chi connectivity index (χ4n) is 3.39. The molecule has 1 saturated heterocycles. The lowest BCUT2D eigenvalue weighted by atomic mass is 9.98. The first-order valence-electron chi connectivity index (χ1n) is 9.03. The zero-order valence-electron chi connectivity index (χ0n) is 15.5. The van der Waals surface area contributed by atoms with E-state index in [-0.39, 0.29) is 29.7 Å². The van der Waals surface area contributed by atoms with Crippen LogP contribution in [0.5, 0.6) is 0 Å². The molecule has 5 nitrogen and oxygen atoms in total. The Morgan fingerprint density at radius 2 is 1.82 bits per heavy atom. The molecule has 0 radical (unpaired) electrons. The summed E-state index contributed by atoms with van der Waals surface area (Å²) in [4.78, 5) is 14.2. The molecular formula is C20H22F2N2O3S. The maximum atomic E-state index is 13.8. The summed E-state index contributed by atoms with van der Waals surface area (Å²) < 4.78 is 53.8. The van der Waals surface area contributed by atoms with Gasteiger partial charge >= 0.3 is 0 Å². The van der Waals surface area contributed by atoms with Crippen molar-refractivity contribution in [3.05, 3.63) is 65.7 Å². The van der Waals surface area contributed by atoms with Crippen LogP contribution in [-0.4, -0.2) is 43.7 Å². The monoisotopic (exact) mass is 408 g/mol. The second-order valence-corrected chi connectivity index (χ2v) is 8.88. The first-order valence-corrected chi connectivity index (χ1v) is 10.5. The normalized spacial score (nSPS) is 18.0. The maximum absolute atomic E-state index is 13.8. The zero-order chi connectivity index (χ0) is 20.3. The van der Waals surface area contributed by atoms with E-state index < -0.39 is 21.8 Å². The molecule has 8 heteroatoms. The molecule has 150 valence electrons. The Morgan fingerprint density at radius 3 is 2.50 bits per heavy atom. The summed E-state index contributed by atoms with van der Waals surface area (Å²) in [6.45, 7) is 0.480. The summed E-state index contributed by atoms with van der Waals surface area (Å²) in [6, 6.07) is 10.9. The van der Waals surface area contributed by atoms with Gasteiger partial charge < -0.3 is 4.90 Å². The maximum Gasteiger partial charge on any atom is 0.243 e. The van der Waals surface area contributed by atoms with Gasteiger partial charge in [0.05, 0.1) is 10.8 Å². The summed E-state index contributed by atoms with van der Waals surface area (Å²) in [6.07, 6.45) is 1.11. The Morgan fingerprint density at radius 1 is 1.14 bits per heavy atom. The molecule has 3 rings (SSSR count). The van der Waals surface area contributed by atoms with E-state index in [1.54, 1.807) is 25.2 Å². The SMILES string of the molecule is CN(Cc1ccccc1F)C(=O)[C@@H]1CCCN(S(=O)(=O)c2ccc(F)cc2)C1. The highest BCUT2D eigenvalue weighted by Crippen LogP contribution is 2.25. The molecule has 2 aromatic carbocycles. The minimum Gasteiger partial charge on any atom is -0.341 e. The lowest BCUT2D eigenvalue weighted by Gasteiger charge is -2.33. The molecule has 0 bridgehead atoms. The third kappa shape index (κ3) is 4.39. The molecular weight excluding hydrogens is 386 g/mol. The average molecular weight is 408 g/mol. The molecule has 0 unspecified atom stereocenters. The van der Waals surface area contributed by atoms with E-state index in [4.69, 9.17) is 0 Å². The van der Waals surface area contributed by atoms with Crippen molar-refractivity contribution in [2.45, 2.75) is 24.3 Å². The fraction of sp³-hybridized carbons (Fsp3) is 0.350. The molecule has 0 aromatic heterocycles. The van der Waals surface area contributed by atoms with Gasteiger partial charge in [-0.15, -0.1) is 0 Å². The Labute approximate surface area is 163 Å². The molecule has 1 heterocycles. The summed E-state index contributed by atoms with van der Waals surface area (Å²) in [5.74, 6) is -1.62. The summed E-state index contributed by atoms with van der Waals surface area (Å²) >= 11 is 0. The largest absolute Gasteiger partial charge is 0.341 e. The van der Waals surface area contributed by atoms with E-state index in [1.165, 1.54) is 27.4 Å². The molecule has 0 spiro atoms. The second-order valence-electron chi connectivity index (χ2n) is 6.94. The molecule has 1 amide bonds. The average Bonchev–Trinajstić information content (AvgIpc) is 2.69. The van der Waals surface area contributed by atoms with Crippen LogP contribution in [0.2, 0.25) is 0 Å². The van der Waals surface area contributed by atoms with Crippen LogP contribution in [0, 0.1) is 17.6 Å². The molecule has 1 aliphatic rings. The fourth-order valence-corrected chi connectivity index (χ4v) is 4.91.